The number of nitrogens with one attached hydrogen (secondary N) is 1. The molecule has 2 aromatic rings. The highest BCUT2D eigenvalue weighted by atomic mass is 32.2. The normalized spacial score (nSPS) is 11.7. The number of hydrogen-bond donors (Lipinski definition) is 1. The molecular weight excluding hydrogens is 252 g/mol. The quantitative estimate of drug-likeness (QED) is 0.622. The van der Waals surface area contributed by atoms with Crippen molar-refractivity contribution in [3.8, 4) is 0 Å². The molecule has 3 heteroatoms. The van der Waals surface area contributed by atoms with Crippen LogP contribution < -0.4 is 5.32 Å². The van der Waals surface area contributed by atoms with Crippen LogP contribution in [-0.4, -0.2) is 5.17 Å². The number of allylic oxidation sites excluding steroid dienone is 1. The number of nitrogens with zero attached hydrogens (tertiary/aromatic N) is 1. The molecule has 0 aliphatic rings. The van der Waals surface area contributed by atoms with Crippen LogP contribution in [0.4, 0.5) is 11.4 Å². The van der Waals surface area contributed by atoms with E-state index in [1.54, 1.807) is 11.8 Å². The van der Waals surface area contributed by atoms with Crippen LogP contribution in [0.3, 0.4) is 0 Å². The third kappa shape index (κ3) is 4.64. The number of para-hydroxylation sites is 2. The van der Waals surface area contributed by atoms with Gasteiger partial charge in [-0.1, -0.05) is 54.2 Å². The molecule has 0 aliphatic carbocycles. The molecule has 0 unspecified atom stereocenters. The van der Waals surface area contributed by atoms with Gasteiger partial charge in [-0.2, -0.15) is 0 Å². The fourth-order valence-corrected chi connectivity index (χ4v) is 2.08. The van der Waals surface area contributed by atoms with E-state index in [2.05, 4.69) is 10.3 Å². The second-order valence-electron chi connectivity index (χ2n) is 3.83. The highest BCUT2D eigenvalue weighted by molar-refractivity contribution is 8.16. The Balaban J connectivity index is 2.18. The van der Waals surface area contributed by atoms with Crippen LogP contribution in [0.25, 0.3) is 0 Å². The number of hydrogen-bond acceptors (Lipinski definition) is 2. The molecule has 0 aliphatic heterocycles. The topological polar surface area (TPSA) is 24.4 Å². The Labute approximate surface area is 118 Å². The maximum atomic E-state index is 4.61. The Morgan fingerprint density at radius 1 is 1.00 bits per heavy atom. The zero-order valence-corrected chi connectivity index (χ0v) is 11.6. The van der Waals surface area contributed by atoms with E-state index in [0.717, 1.165) is 16.5 Å². The summed E-state index contributed by atoms with van der Waals surface area (Å²) in [5.41, 5.74) is 1.98. The molecule has 0 fully saturated rings. The fourth-order valence-electron chi connectivity index (χ4n) is 1.48. The van der Waals surface area contributed by atoms with Crippen molar-refractivity contribution in [1.82, 2.24) is 0 Å². The molecular formula is C16H16N2S. The molecule has 0 saturated carbocycles. The highest BCUT2D eigenvalue weighted by Gasteiger charge is 1.99. The minimum absolute atomic E-state index is 0.857. The summed E-state index contributed by atoms with van der Waals surface area (Å²) in [7, 11) is 0. The number of rotatable bonds is 3. The average molecular weight is 268 g/mol. The largest absolute Gasteiger partial charge is 0.334 e. The van der Waals surface area contributed by atoms with Gasteiger partial charge < -0.3 is 5.32 Å². The summed E-state index contributed by atoms with van der Waals surface area (Å²) in [4.78, 5) is 4.61. The van der Waals surface area contributed by atoms with Gasteiger partial charge in [0.15, 0.2) is 5.17 Å². The predicted molar refractivity (Wildman–Crippen MR) is 86.0 cm³/mol. The van der Waals surface area contributed by atoms with E-state index in [9.17, 15) is 0 Å². The van der Waals surface area contributed by atoms with Crippen LogP contribution >= 0.6 is 11.8 Å². The van der Waals surface area contributed by atoms with Gasteiger partial charge in [-0.3, -0.25) is 0 Å². The van der Waals surface area contributed by atoms with Gasteiger partial charge in [0.05, 0.1) is 5.69 Å². The van der Waals surface area contributed by atoms with Gasteiger partial charge in [0, 0.05) is 5.69 Å². The second kappa shape index (κ2) is 7.44. The lowest BCUT2D eigenvalue weighted by atomic mass is 10.3. The molecule has 0 saturated heterocycles. The summed E-state index contributed by atoms with van der Waals surface area (Å²) in [5, 5.41) is 6.19. The second-order valence-corrected chi connectivity index (χ2v) is 4.73. The van der Waals surface area contributed by atoms with E-state index in [1.165, 1.54) is 0 Å². The Bertz CT molecular complexity index is 547. The first-order valence-electron chi connectivity index (χ1n) is 6.12. The first kappa shape index (κ1) is 13.4. The predicted octanol–water partition coefficient (Wildman–Crippen LogP) is 5.05. The molecule has 96 valence electrons. The molecule has 0 aromatic heterocycles. The zero-order chi connectivity index (χ0) is 13.3. The Hall–Kier alpha value is -2.00. The van der Waals surface area contributed by atoms with Crippen molar-refractivity contribution in [2.24, 2.45) is 4.99 Å². The summed E-state index contributed by atoms with van der Waals surface area (Å²) < 4.78 is 0. The highest BCUT2D eigenvalue weighted by Crippen LogP contribution is 2.17. The summed E-state index contributed by atoms with van der Waals surface area (Å²) in [5.74, 6) is 0. The molecule has 2 aromatic carbocycles. The number of aliphatic imine (C=N–C) groups is 1. The number of thioether (sulfide) groups is 1. The molecule has 19 heavy (non-hydrogen) atoms. The van der Waals surface area contributed by atoms with E-state index < -0.39 is 0 Å². The molecule has 0 heterocycles. The molecule has 0 spiro atoms. The molecule has 0 amide bonds. The SMILES string of the molecule is C/C=C\SC(=Nc1ccccc1)Nc1ccccc1. The Morgan fingerprint density at radius 3 is 2.26 bits per heavy atom. The Kier molecular flexibility index (Phi) is 5.26. The zero-order valence-electron chi connectivity index (χ0n) is 10.8. The summed E-state index contributed by atoms with van der Waals surface area (Å²) in [6.07, 6.45) is 2.00. The van der Waals surface area contributed by atoms with Crippen LogP contribution in [0.5, 0.6) is 0 Å². The van der Waals surface area contributed by atoms with E-state index in [0.29, 0.717) is 0 Å². The van der Waals surface area contributed by atoms with Crippen molar-refractivity contribution in [3.63, 3.8) is 0 Å². The first-order valence-corrected chi connectivity index (χ1v) is 7.00. The van der Waals surface area contributed by atoms with Crippen LogP contribution in [0.2, 0.25) is 0 Å². The van der Waals surface area contributed by atoms with Crippen molar-refractivity contribution in [2.75, 3.05) is 5.32 Å². The minimum atomic E-state index is 0.857. The maximum Gasteiger partial charge on any atom is 0.170 e. The van der Waals surface area contributed by atoms with E-state index in [1.807, 2.05) is 79.1 Å². The molecule has 2 rings (SSSR count). The van der Waals surface area contributed by atoms with Gasteiger partial charge >= 0.3 is 0 Å². The number of anilines is 1. The van der Waals surface area contributed by atoms with E-state index >= 15 is 0 Å². The Morgan fingerprint density at radius 2 is 1.63 bits per heavy atom. The molecule has 1 N–H and O–H groups in total. The van der Waals surface area contributed by atoms with Crippen LogP contribution in [0.15, 0.2) is 77.1 Å². The van der Waals surface area contributed by atoms with Crippen molar-refractivity contribution >= 4 is 28.3 Å². The van der Waals surface area contributed by atoms with E-state index in [4.69, 9.17) is 0 Å². The summed E-state index contributed by atoms with van der Waals surface area (Å²) in [6.45, 7) is 2.00. The standard InChI is InChI=1S/C16H16N2S/c1-2-13-19-16(17-14-9-5-3-6-10-14)18-15-11-7-4-8-12-15/h2-13H,1H3,(H,17,18)/b13-2-. The van der Waals surface area contributed by atoms with Gasteiger partial charge in [-0.05, 0) is 36.6 Å². The van der Waals surface area contributed by atoms with Gasteiger partial charge in [-0.25, -0.2) is 4.99 Å². The molecule has 0 bridgehead atoms. The third-order valence-electron chi connectivity index (χ3n) is 2.33. The summed E-state index contributed by atoms with van der Waals surface area (Å²) >= 11 is 1.57. The molecule has 2 nitrogen and oxygen atoms in total. The van der Waals surface area contributed by atoms with Gasteiger partial charge in [0.1, 0.15) is 0 Å². The maximum absolute atomic E-state index is 4.61. The minimum Gasteiger partial charge on any atom is -0.334 e. The van der Waals surface area contributed by atoms with Gasteiger partial charge in [0.2, 0.25) is 0 Å². The van der Waals surface area contributed by atoms with Crippen molar-refractivity contribution in [1.29, 1.82) is 0 Å². The van der Waals surface area contributed by atoms with Gasteiger partial charge in [0.25, 0.3) is 0 Å². The fraction of sp³-hybridized carbons (Fsp3) is 0.0625. The number of benzene rings is 2. The van der Waals surface area contributed by atoms with Crippen molar-refractivity contribution in [3.05, 3.63) is 72.1 Å². The monoisotopic (exact) mass is 268 g/mol. The average Bonchev–Trinajstić information content (AvgIpc) is 2.47. The summed E-state index contributed by atoms with van der Waals surface area (Å²) in [6, 6.07) is 20.0. The van der Waals surface area contributed by atoms with Crippen molar-refractivity contribution in [2.45, 2.75) is 6.92 Å². The smallest absolute Gasteiger partial charge is 0.170 e. The van der Waals surface area contributed by atoms with Gasteiger partial charge in [-0.15, -0.1) is 0 Å². The van der Waals surface area contributed by atoms with Crippen LogP contribution in [-0.2, 0) is 0 Å². The van der Waals surface area contributed by atoms with E-state index in [-0.39, 0.29) is 0 Å². The molecule has 0 radical (unpaired) electrons. The molecule has 0 atom stereocenters. The van der Waals surface area contributed by atoms with Crippen LogP contribution in [0.1, 0.15) is 6.92 Å². The lowest BCUT2D eigenvalue weighted by Gasteiger charge is -2.07. The van der Waals surface area contributed by atoms with Crippen molar-refractivity contribution < 1.29 is 0 Å². The lowest BCUT2D eigenvalue weighted by Crippen LogP contribution is -2.06. The first-order chi connectivity index (χ1) is 9.38. The number of amidine groups is 1. The van der Waals surface area contributed by atoms with Crippen LogP contribution in [0, 0.1) is 0 Å². The third-order valence-corrected chi connectivity index (χ3v) is 3.15. The lowest BCUT2D eigenvalue weighted by molar-refractivity contribution is 1.51.